The monoisotopic (exact) mass is 510 g/mol. The van der Waals surface area contributed by atoms with Crippen molar-refractivity contribution in [3.63, 3.8) is 0 Å². The minimum absolute atomic E-state index is 0.206. The molecular weight excluding hydrogens is 460 g/mol. The molecule has 0 aliphatic carbocycles. The van der Waals surface area contributed by atoms with E-state index in [1.165, 1.54) is 69.8 Å². The second kappa shape index (κ2) is 20.6. The Hall–Kier alpha value is -2.49. The minimum Gasteiger partial charge on any atom is -0.493 e. The number of hydrogen-bond acceptors (Lipinski definition) is 4. The highest BCUT2D eigenvalue weighted by Gasteiger charge is 2.10. The van der Waals surface area contributed by atoms with Gasteiger partial charge in [-0.1, -0.05) is 108 Å². The molecule has 0 fully saturated rings. The van der Waals surface area contributed by atoms with E-state index in [0.29, 0.717) is 36.9 Å². The summed E-state index contributed by atoms with van der Waals surface area (Å²) in [5.74, 6) is 1.72. The molecule has 0 atom stereocenters. The standard InChI is InChI=1S/C33H50O4/c1-3-5-7-9-11-18-24-35-30-26-31(36-25-19-12-10-8-6-4-2)28-32(27-30)37-33(34)23-17-16-22-29-20-14-13-15-21-29/h13-15,20-21,26-28H,3-12,16-19,22-25H2,1-2H3. The molecule has 206 valence electrons. The lowest BCUT2D eigenvalue weighted by atomic mass is 10.1. The summed E-state index contributed by atoms with van der Waals surface area (Å²) < 4.78 is 17.7. The Morgan fingerprint density at radius 3 is 1.68 bits per heavy atom. The van der Waals surface area contributed by atoms with Gasteiger partial charge in [0.1, 0.15) is 17.2 Å². The third-order valence-electron chi connectivity index (χ3n) is 6.56. The molecule has 4 nitrogen and oxygen atoms in total. The third kappa shape index (κ3) is 15.4. The molecule has 2 aromatic rings. The zero-order chi connectivity index (χ0) is 26.4. The van der Waals surface area contributed by atoms with Gasteiger partial charge in [0.25, 0.3) is 0 Å². The molecule has 0 saturated carbocycles. The zero-order valence-corrected chi connectivity index (χ0v) is 23.5. The van der Waals surface area contributed by atoms with Crippen molar-refractivity contribution in [1.82, 2.24) is 0 Å². The number of rotatable bonds is 22. The summed E-state index contributed by atoms with van der Waals surface area (Å²) in [6.45, 7) is 5.80. The summed E-state index contributed by atoms with van der Waals surface area (Å²) in [4.78, 5) is 12.5. The number of carbonyl (C=O) groups excluding carboxylic acids is 1. The largest absolute Gasteiger partial charge is 0.493 e. The summed E-state index contributed by atoms with van der Waals surface area (Å²) in [5, 5.41) is 0. The first-order chi connectivity index (χ1) is 18.2. The number of aryl methyl sites for hydroxylation is 1. The molecule has 0 radical (unpaired) electrons. The van der Waals surface area contributed by atoms with Crippen LogP contribution in [0.15, 0.2) is 48.5 Å². The number of hydrogen-bond donors (Lipinski definition) is 0. The van der Waals surface area contributed by atoms with Gasteiger partial charge in [-0.15, -0.1) is 0 Å². The summed E-state index contributed by atoms with van der Waals surface area (Å²) in [7, 11) is 0. The molecule has 2 aromatic carbocycles. The second-order valence-corrected chi connectivity index (χ2v) is 10.0. The van der Waals surface area contributed by atoms with Gasteiger partial charge in [-0.2, -0.15) is 0 Å². The van der Waals surface area contributed by atoms with Crippen LogP contribution in [-0.2, 0) is 11.2 Å². The first kappa shape index (κ1) is 30.7. The first-order valence-corrected chi connectivity index (χ1v) is 14.9. The van der Waals surface area contributed by atoms with Gasteiger partial charge in [0, 0.05) is 24.6 Å². The van der Waals surface area contributed by atoms with Crippen molar-refractivity contribution in [1.29, 1.82) is 0 Å². The Morgan fingerprint density at radius 2 is 1.11 bits per heavy atom. The predicted octanol–water partition coefficient (Wildman–Crippen LogP) is 9.48. The van der Waals surface area contributed by atoms with Crippen molar-refractivity contribution in [2.75, 3.05) is 13.2 Å². The predicted molar refractivity (Wildman–Crippen MR) is 154 cm³/mol. The highest BCUT2D eigenvalue weighted by molar-refractivity contribution is 5.72. The Morgan fingerprint density at radius 1 is 0.595 bits per heavy atom. The maximum absolute atomic E-state index is 12.5. The van der Waals surface area contributed by atoms with Crippen LogP contribution in [-0.4, -0.2) is 19.2 Å². The smallest absolute Gasteiger partial charge is 0.311 e. The van der Waals surface area contributed by atoms with E-state index >= 15 is 0 Å². The van der Waals surface area contributed by atoms with E-state index in [-0.39, 0.29) is 5.97 Å². The summed E-state index contributed by atoms with van der Waals surface area (Å²) in [6.07, 6.45) is 17.8. The van der Waals surface area contributed by atoms with Crippen molar-refractivity contribution in [2.45, 2.75) is 117 Å². The van der Waals surface area contributed by atoms with Gasteiger partial charge in [-0.3, -0.25) is 4.79 Å². The molecule has 2 rings (SSSR count). The maximum atomic E-state index is 12.5. The van der Waals surface area contributed by atoms with Gasteiger partial charge in [0.2, 0.25) is 0 Å². The topological polar surface area (TPSA) is 44.8 Å². The molecule has 0 unspecified atom stereocenters. The van der Waals surface area contributed by atoms with Gasteiger partial charge in [0.05, 0.1) is 13.2 Å². The third-order valence-corrected chi connectivity index (χ3v) is 6.56. The molecule has 0 aromatic heterocycles. The molecule has 0 spiro atoms. The zero-order valence-electron chi connectivity index (χ0n) is 23.5. The van der Waals surface area contributed by atoms with E-state index in [1.807, 2.05) is 24.3 Å². The van der Waals surface area contributed by atoms with E-state index in [2.05, 4.69) is 38.1 Å². The lowest BCUT2D eigenvalue weighted by Crippen LogP contribution is -2.08. The lowest BCUT2D eigenvalue weighted by molar-refractivity contribution is -0.134. The molecule has 4 heteroatoms. The van der Waals surface area contributed by atoms with Gasteiger partial charge in [-0.05, 0) is 37.7 Å². The van der Waals surface area contributed by atoms with Crippen molar-refractivity contribution in [2.24, 2.45) is 0 Å². The van der Waals surface area contributed by atoms with E-state index in [4.69, 9.17) is 14.2 Å². The fraction of sp³-hybridized carbons (Fsp3) is 0.606. The van der Waals surface area contributed by atoms with Crippen LogP contribution in [0.3, 0.4) is 0 Å². The molecule has 0 heterocycles. The van der Waals surface area contributed by atoms with Crippen molar-refractivity contribution >= 4 is 5.97 Å². The molecule has 0 amide bonds. The molecule has 37 heavy (non-hydrogen) atoms. The molecule has 0 saturated heterocycles. The van der Waals surface area contributed by atoms with E-state index < -0.39 is 0 Å². The van der Waals surface area contributed by atoms with Gasteiger partial charge in [0.15, 0.2) is 0 Å². The maximum Gasteiger partial charge on any atom is 0.311 e. The normalized spacial score (nSPS) is 10.9. The van der Waals surface area contributed by atoms with Crippen LogP contribution in [0.25, 0.3) is 0 Å². The average molecular weight is 511 g/mol. The molecule has 0 bridgehead atoms. The number of unbranched alkanes of at least 4 members (excludes halogenated alkanes) is 11. The summed E-state index contributed by atoms with van der Waals surface area (Å²) in [5.41, 5.74) is 1.30. The molecule has 0 aliphatic heterocycles. The van der Waals surface area contributed by atoms with Crippen LogP contribution < -0.4 is 14.2 Å². The Kier molecular flexibility index (Phi) is 17.1. The average Bonchev–Trinajstić information content (AvgIpc) is 2.90. The second-order valence-electron chi connectivity index (χ2n) is 10.0. The van der Waals surface area contributed by atoms with Crippen molar-refractivity contribution in [3.05, 3.63) is 54.1 Å². The van der Waals surface area contributed by atoms with Gasteiger partial charge in [-0.25, -0.2) is 0 Å². The van der Waals surface area contributed by atoms with Crippen LogP contribution in [0, 0.1) is 0 Å². The number of carbonyl (C=O) groups is 1. The Balaban J connectivity index is 1.81. The Labute approximate surface area is 226 Å². The van der Waals surface area contributed by atoms with Gasteiger partial charge >= 0.3 is 5.97 Å². The van der Waals surface area contributed by atoms with Crippen LogP contribution in [0.1, 0.15) is 116 Å². The van der Waals surface area contributed by atoms with Crippen molar-refractivity contribution in [3.8, 4) is 17.2 Å². The Bertz CT molecular complexity index is 797. The fourth-order valence-electron chi connectivity index (χ4n) is 4.34. The number of benzene rings is 2. The lowest BCUT2D eigenvalue weighted by Gasteiger charge is -2.13. The molecule has 0 aliphatic rings. The highest BCUT2D eigenvalue weighted by atomic mass is 16.5. The quantitative estimate of drug-likeness (QED) is 0.0898. The number of esters is 1. The number of ether oxygens (including phenoxy) is 3. The minimum atomic E-state index is -0.206. The first-order valence-electron chi connectivity index (χ1n) is 14.9. The fourth-order valence-corrected chi connectivity index (χ4v) is 4.34. The van der Waals surface area contributed by atoms with Gasteiger partial charge < -0.3 is 14.2 Å². The van der Waals surface area contributed by atoms with E-state index in [0.717, 1.165) is 32.1 Å². The van der Waals surface area contributed by atoms with E-state index in [1.54, 1.807) is 0 Å². The summed E-state index contributed by atoms with van der Waals surface area (Å²) in [6, 6.07) is 15.9. The van der Waals surface area contributed by atoms with E-state index in [9.17, 15) is 4.79 Å². The highest BCUT2D eigenvalue weighted by Crippen LogP contribution is 2.29. The van der Waals surface area contributed by atoms with Crippen LogP contribution >= 0.6 is 0 Å². The van der Waals surface area contributed by atoms with Crippen LogP contribution in [0.5, 0.6) is 17.2 Å². The van der Waals surface area contributed by atoms with Crippen LogP contribution in [0.4, 0.5) is 0 Å². The van der Waals surface area contributed by atoms with Crippen LogP contribution in [0.2, 0.25) is 0 Å². The molecular formula is C33H50O4. The summed E-state index contributed by atoms with van der Waals surface area (Å²) >= 11 is 0. The van der Waals surface area contributed by atoms with Crippen molar-refractivity contribution < 1.29 is 19.0 Å². The molecule has 0 N–H and O–H groups in total. The SMILES string of the molecule is CCCCCCCCOc1cc(OCCCCCCCC)cc(OC(=O)CCCCc2ccccc2)c1.